The summed E-state index contributed by atoms with van der Waals surface area (Å²) in [6, 6.07) is 23.8. The summed E-state index contributed by atoms with van der Waals surface area (Å²) in [5.74, 6) is 0.289. The zero-order chi connectivity index (χ0) is 22.4. The molecule has 0 radical (unpaired) electrons. The summed E-state index contributed by atoms with van der Waals surface area (Å²) in [5.41, 5.74) is 3.04. The lowest BCUT2D eigenvalue weighted by Gasteiger charge is -2.30. The third-order valence-corrected chi connectivity index (χ3v) is 7.51. The van der Waals surface area contributed by atoms with Crippen molar-refractivity contribution in [3.63, 3.8) is 0 Å². The van der Waals surface area contributed by atoms with Gasteiger partial charge in [0.25, 0.3) is 11.8 Å². The SMILES string of the molecule is O=C1c2cccc3cccc(c23)C(=O)N1c1cc2ccccc2cc1CCC1CCCCC1. The summed E-state index contributed by atoms with van der Waals surface area (Å²) in [5, 5.41) is 3.91. The highest BCUT2D eigenvalue weighted by atomic mass is 16.2. The van der Waals surface area contributed by atoms with Crippen molar-refractivity contribution in [3.05, 3.63) is 89.5 Å². The maximum absolute atomic E-state index is 13.7. The molecule has 3 nitrogen and oxygen atoms in total. The van der Waals surface area contributed by atoms with Gasteiger partial charge in [0.1, 0.15) is 0 Å². The third kappa shape index (κ3) is 3.43. The first kappa shape index (κ1) is 20.2. The lowest BCUT2D eigenvalue weighted by atomic mass is 9.84. The van der Waals surface area contributed by atoms with Crippen LogP contribution in [0.4, 0.5) is 5.69 Å². The van der Waals surface area contributed by atoms with Gasteiger partial charge in [0.05, 0.1) is 5.69 Å². The zero-order valence-corrected chi connectivity index (χ0v) is 18.7. The lowest BCUT2D eigenvalue weighted by molar-refractivity contribution is 0.0893. The van der Waals surface area contributed by atoms with Gasteiger partial charge in [-0.05, 0) is 64.7 Å². The number of anilines is 1. The maximum Gasteiger partial charge on any atom is 0.265 e. The van der Waals surface area contributed by atoms with E-state index in [9.17, 15) is 9.59 Å². The molecule has 0 N–H and O–H groups in total. The minimum Gasteiger partial charge on any atom is -0.268 e. The van der Waals surface area contributed by atoms with E-state index in [1.165, 1.54) is 37.0 Å². The Bertz CT molecular complexity index is 1350. The summed E-state index contributed by atoms with van der Waals surface area (Å²) in [6.07, 6.45) is 8.55. The van der Waals surface area contributed by atoms with Crippen molar-refractivity contribution >= 4 is 39.0 Å². The normalized spacial score (nSPS) is 16.7. The van der Waals surface area contributed by atoms with E-state index < -0.39 is 0 Å². The van der Waals surface area contributed by atoms with Crippen LogP contribution >= 0.6 is 0 Å². The Labute approximate surface area is 194 Å². The van der Waals surface area contributed by atoms with Crippen molar-refractivity contribution < 1.29 is 9.59 Å². The number of aryl methyl sites for hydroxylation is 1. The topological polar surface area (TPSA) is 37.4 Å². The number of hydrogen-bond donors (Lipinski definition) is 0. The average Bonchev–Trinajstić information content (AvgIpc) is 2.86. The summed E-state index contributed by atoms with van der Waals surface area (Å²) in [6.45, 7) is 0. The number of hydrogen-bond acceptors (Lipinski definition) is 2. The van der Waals surface area contributed by atoms with E-state index in [4.69, 9.17) is 0 Å². The van der Waals surface area contributed by atoms with Gasteiger partial charge in [0, 0.05) is 16.5 Å². The molecule has 6 rings (SSSR count). The van der Waals surface area contributed by atoms with E-state index in [1.807, 2.05) is 54.6 Å². The quantitative estimate of drug-likeness (QED) is 0.317. The van der Waals surface area contributed by atoms with Gasteiger partial charge in [0.15, 0.2) is 0 Å². The number of carbonyl (C=O) groups excluding carboxylic acids is 2. The Balaban J connectivity index is 1.47. The minimum absolute atomic E-state index is 0.224. The van der Waals surface area contributed by atoms with Gasteiger partial charge in [-0.15, -0.1) is 0 Å². The molecule has 0 bridgehead atoms. The fourth-order valence-electron chi connectivity index (χ4n) is 5.77. The van der Waals surface area contributed by atoms with E-state index in [1.54, 1.807) is 0 Å². The van der Waals surface area contributed by atoms with Crippen LogP contribution in [0.25, 0.3) is 21.5 Å². The number of carbonyl (C=O) groups is 2. The molecule has 1 aliphatic carbocycles. The molecular formula is C30H27NO2. The molecule has 1 fully saturated rings. The number of imide groups is 1. The van der Waals surface area contributed by atoms with Crippen molar-refractivity contribution in [2.45, 2.75) is 44.9 Å². The van der Waals surface area contributed by atoms with Crippen LogP contribution in [0.5, 0.6) is 0 Å². The van der Waals surface area contributed by atoms with E-state index in [0.717, 1.165) is 51.6 Å². The van der Waals surface area contributed by atoms with Crippen molar-refractivity contribution in [3.8, 4) is 0 Å². The van der Waals surface area contributed by atoms with Crippen LogP contribution in [0.3, 0.4) is 0 Å². The van der Waals surface area contributed by atoms with Gasteiger partial charge >= 0.3 is 0 Å². The molecule has 0 spiro atoms. The molecule has 0 saturated heterocycles. The van der Waals surface area contributed by atoms with Crippen molar-refractivity contribution in [2.75, 3.05) is 4.90 Å². The van der Waals surface area contributed by atoms with Gasteiger partial charge in [-0.25, -0.2) is 4.90 Å². The number of benzene rings is 4. The third-order valence-electron chi connectivity index (χ3n) is 7.51. The van der Waals surface area contributed by atoms with Gasteiger partial charge in [-0.2, -0.15) is 0 Å². The predicted octanol–water partition coefficient (Wildman–Crippen LogP) is 7.31. The fourth-order valence-corrected chi connectivity index (χ4v) is 5.77. The van der Waals surface area contributed by atoms with Crippen LogP contribution in [-0.4, -0.2) is 11.8 Å². The van der Waals surface area contributed by atoms with Crippen LogP contribution in [-0.2, 0) is 6.42 Å². The zero-order valence-electron chi connectivity index (χ0n) is 18.7. The molecule has 3 heteroatoms. The van der Waals surface area contributed by atoms with Crippen molar-refractivity contribution in [1.29, 1.82) is 0 Å². The Morgan fingerprint density at radius 2 is 1.30 bits per heavy atom. The lowest BCUT2D eigenvalue weighted by Crippen LogP contribution is -2.41. The molecule has 2 aliphatic rings. The molecule has 0 atom stereocenters. The maximum atomic E-state index is 13.7. The van der Waals surface area contributed by atoms with Gasteiger partial charge in [-0.1, -0.05) is 80.6 Å². The van der Waals surface area contributed by atoms with E-state index in [-0.39, 0.29) is 11.8 Å². The molecule has 33 heavy (non-hydrogen) atoms. The molecule has 1 aliphatic heterocycles. The van der Waals surface area contributed by atoms with Crippen LogP contribution < -0.4 is 4.90 Å². The summed E-state index contributed by atoms with van der Waals surface area (Å²) >= 11 is 0. The Morgan fingerprint density at radius 1 is 0.697 bits per heavy atom. The number of amides is 2. The smallest absolute Gasteiger partial charge is 0.265 e. The molecular weight excluding hydrogens is 406 g/mol. The summed E-state index contributed by atoms with van der Waals surface area (Å²) in [4.78, 5) is 28.9. The highest BCUT2D eigenvalue weighted by molar-refractivity contribution is 6.36. The van der Waals surface area contributed by atoms with Gasteiger partial charge in [0.2, 0.25) is 0 Å². The molecule has 1 saturated carbocycles. The average molecular weight is 434 g/mol. The number of nitrogens with zero attached hydrogens (tertiary/aromatic N) is 1. The molecule has 0 aromatic heterocycles. The second-order valence-corrected chi connectivity index (χ2v) is 9.53. The Hall–Kier alpha value is -3.46. The second kappa shape index (κ2) is 8.15. The van der Waals surface area contributed by atoms with E-state index >= 15 is 0 Å². The van der Waals surface area contributed by atoms with E-state index in [2.05, 4.69) is 18.2 Å². The summed E-state index contributed by atoms with van der Waals surface area (Å²) < 4.78 is 0. The van der Waals surface area contributed by atoms with E-state index in [0.29, 0.717) is 11.1 Å². The molecule has 4 aromatic carbocycles. The van der Waals surface area contributed by atoms with Crippen LogP contribution in [0, 0.1) is 5.92 Å². The molecule has 164 valence electrons. The monoisotopic (exact) mass is 433 g/mol. The minimum atomic E-state index is -0.224. The molecule has 1 heterocycles. The molecule has 4 aromatic rings. The number of fused-ring (bicyclic) bond motifs is 1. The van der Waals surface area contributed by atoms with Crippen LogP contribution in [0.1, 0.15) is 64.8 Å². The predicted molar refractivity (Wildman–Crippen MR) is 134 cm³/mol. The molecule has 0 unspecified atom stereocenters. The fraction of sp³-hybridized carbons (Fsp3) is 0.267. The first-order chi connectivity index (χ1) is 16.2. The van der Waals surface area contributed by atoms with Gasteiger partial charge < -0.3 is 0 Å². The highest BCUT2D eigenvalue weighted by Crippen LogP contribution is 2.37. The number of rotatable bonds is 4. The molecule has 2 amide bonds. The Morgan fingerprint density at radius 3 is 1.97 bits per heavy atom. The van der Waals surface area contributed by atoms with Crippen LogP contribution in [0.2, 0.25) is 0 Å². The van der Waals surface area contributed by atoms with Crippen molar-refractivity contribution in [1.82, 2.24) is 0 Å². The van der Waals surface area contributed by atoms with Crippen molar-refractivity contribution in [2.24, 2.45) is 5.92 Å². The summed E-state index contributed by atoms with van der Waals surface area (Å²) in [7, 11) is 0. The van der Waals surface area contributed by atoms with Crippen LogP contribution in [0.15, 0.2) is 72.8 Å². The largest absolute Gasteiger partial charge is 0.268 e. The first-order valence-corrected chi connectivity index (χ1v) is 12.1. The second-order valence-electron chi connectivity index (χ2n) is 9.53. The van der Waals surface area contributed by atoms with Gasteiger partial charge in [-0.3, -0.25) is 9.59 Å². The standard InChI is InChI=1S/C30H27NO2/c32-29-25-14-6-12-21-13-7-15-26(28(21)25)30(33)31(29)27-19-23-11-5-4-10-22(23)18-24(27)17-16-20-8-2-1-3-9-20/h4-7,10-15,18-20H,1-3,8-9,16-17H2. The highest BCUT2D eigenvalue weighted by Gasteiger charge is 2.35. The first-order valence-electron chi connectivity index (χ1n) is 12.1. The Kier molecular flexibility index (Phi) is 4.98.